The molecule has 0 fully saturated rings. The number of aliphatic imine (C=N–C) groups is 1. The number of nitrogens with zero attached hydrogens (tertiary/aromatic N) is 3. The van der Waals surface area contributed by atoms with Crippen molar-refractivity contribution in [3.05, 3.63) is 84.5 Å². The number of fused-ring (bicyclic) bond motifs is 1. The number of hydrogen-bond donors (Lipinski definition) is 1. The molecule has 2 aliphatic heterocycles. The van der Waals surface area contributed by atoms with E-state index in [1.165, 1.54) is 0 Å². The second-order valence-corrected chi connectivity index (χ2v) is 7.24. The van der Waals surface area contributed by atoms with Gasteiger partial charge in [-0.1, -0.05) is 24.3 Å². The lowest BCUT2D eigenvalue weighted by atomic mass is 10.1. The van der Waals surface area contributed by atoms with Crippen LogP contribution in [-0.4, -0.2) is 32.4 Å². The number of carbonyl (C=O) groups is 1. The minimum Gasteiger partial charge on any atom is -0.449 e. The lowest BCUT2D eigenvalue weighted by Gasteiger charge is -2.38. The molecular formula is C20H17N3O3S. The fourth-order valence-electron chi connectivity index (χ4n) is 3.06. The molecule has 4 rings (SSSR count). The number of carboxylic acid groups (broad SMARTS) is 1. The van der Waals surface area contributed by atoms with E-state index < -0.39 is 6.16 Å². The fraction of sp³-hybridized carbons (Fsp3) is 0.150. The van der Waals surface area contributed by atoms with Crippen LogP contribution in [0.1, 0.15) is 18.2 Å². The molecule has 6 nitrogen and oxygen atoms in total. The molecular weight excluding hydrogens is 362 g/mol. The van der Waals surface area contributed by atoms with Gasteiger partial charge in [-0.25, -0.2) is 4.79 Å². The largest absolute Gasteiger partial charge is 0.511 e. The zero-order valence-corrected chi connectivity index (χ0v) is 15.1. The number of allylic oxidation sites excluding steroid dienone is 2. The van der Waals surface area contributed by atoms with Crippen molar-refractivity contribution >= 4 is 23.8 Å². The third kappa shape index (κ3) is 3.88. The Morgan fingerprint density at radius 1 is 1.19 bits per heavy atom. The highest BCUT2D eigenvalue weighted by molar-refractivity contribution is 7.99. The summed E-state index contributed by atoms with van der Waals surface area (Å²) in [6, 6.07) is 15.7. The van der Waals surface area contributed by atoms with Gasteiger partial charge in [0, 0.05) is 23.7 Å². The molecule has 136 valence electrons. The van der Waals surface area contributed by atoms with E-state index in [2.05, 4.69) is 17.1 Å². The van der Waals surface area contributed by atoms with Gasteiger partial charge in [-0.05, 0) is 36.4 Å². The third-order valence-corrected chi connectivity index (χ3v) is 5.45. The van der Waals surface area contributed by atoms with Gasteiger partial charge in [0.05, 0.1) is 17.1 Å². The van der Waals surface area contributed by atoms with Crippen LogP contribution < -0.4 is 0 Å². The van der Waals surface area contributed by atoms with Gasteiger partial charge in [0.1, 0.15) is 0 Å². The van der Waals surface area contributed by atoms with Gasteiger partial charge < -0.3 is 14.7 Å². The van der Waals surface area contributed by atoms with Crippen molar-refractivity contribution in [1.29, 1.82) is 0 Å². The zero-order valence-electron chi connectivity index (χ0n) is 14.3. The molecule has 0 saturated heterocycles. The van der Waals surface area contributed by atoms with E-state index in [-0.39, 0.29) is 17.2 Å². The van der Waals surface area contributed by atoms with Crippen LogP contribution in [0.15, 0.2) is 88.7 Å². The molecule has 0 bridgehead atoms. The quantitative estimate of drug-likeness (QED) is 0.791. The highest BCUT2D eigenvalue weighted by Gasteiger charge is 2.35. The summed E-state index contributed by atoms with van der Waals surface area (Å²) in [6.07, 6.45) is 6.43. The average molecular weight is 379 g/mol. The number of rotatable bonds is 4. The number of hydrogen-bond acceptors (Lipinski definition) is 6. The van der Waals surface area contributed by atoms with Crippen LogP contribution in [0, 0.1) is 0 Å². The van der Waals surface area contributed by atoms with Crippen LogP contribution in [0.4, 0.5) is 4.79 Å². The van der Waals surface area contributed by atoms with Gasteiger partial charge in [0.15, 0.2) is 11.6 Å². The number of pyridine rings is 1. The third-order valence-electron chi connectivity index (χ3n) is 4.21. The zero-order chi connectivity index (χ0) is 18.6. The number of benzene rings is 1. The van der Waals surface area contributed by atoms with Crippen LogP contribution >= 0.6 is 11.8 Å². The Labute approximate surface area is 160 Å². The molecule has 0 radical (unpaired) electrons. The molecule has 2 aliphatic rings. The Bertz CT molecular complexity index is 913. The first-order valence-electron chi connectivity index (χ1n) is 8.49. The molecule has 0 aliphatic carbocycles. The first-order valence-corrected chi connectivity index (χ1v) is 9.37. The summed E-state index contributed by atoms with van der Waals surface area (Å²) in [4.78, 5) is 23.4. The molecule has 2 unspecified atom stereocenters. The molecule has 2 atom stereocenters. The second kappa shape index (κ2) is 7.67. The maximum Gasteiger partial charge on any atom is 0.511 e. The van der Waals surface area contributed by atoms with E-state index in [9.17, 15) is 4.79 Å². The molecule has 1 N–H and O–H groups in total. The Morgan fingerprint density at radius 2 is 2.00 bits per heavy atom. The molecule has 0 saturated carbocycles. The molecule has 1 aromatic heterocycles. The topological polar surface area (TPSA) is 75.0 Å². The standard InChI is InChI=1S/C20H17N3O3S/c24-20(25)26-17-10-6-12-23-18(27-14-7-2-1-3-8-14)13-16(22-19(17)23)15-9-4-5-11-21-15/h1-12,16,18H,13H2,(H,24,25). The summed E-state index contributed by atoms with van der Waals surface area (Å²) in [5.41, 5.74) is 0.854. The molecule has 27 heavy (non-hydrogen) atoms. The highest BCUT2D eigenvalue weighted by Crippen LogP contribution is 2.39. The fourth-order valence-corrected chi connectivity index (χ4v) is 4.25. The molecule has 3 heterocycles. The smallest absolute Gasteiger partial charge is 0.449 e. The minimum atomic E-state index is -1.36. The molecule has 0 spiro atoms. The number of aromatic nitrogens is 1. The van der Waals surface area contributed by atoms with E-state index in [0.29, 0.717) is 5.84 Å². The molecule has 0 amide bonds. The maximum absolute atomic E-state index is 11.1. The van der Waals surface area contributed by atoms with Crippen molar-refractivity contribution in [2.24, 2.45) is 4.99 Å². The van der Waals surface area contributed by atoms with Crippen LogP contribution in [0.2, 0.25) is 0 Å². The van der Waals surface area contributed by atoms with Gasteiger partial charge in [0.25, 0.3) is 0 Å². The van der Waals surface area contributed by atoms with Gasteiger partial charge in [-0.15, -0.1) is 11.8 Å². The van der Waals surface area contributed by atoms with Gasteiger partial charge >= 0.3 is 6.16 Å². The predicted octanol–water partition coefficient (Wildman–Crippen LogP) is 4.45. The first kappa shape index (κ1) is 17.4. The number of ether oxygens (including phenoxy) is 1. The SMILES string of the molecule is O=C(O)OC1=CC=CN2C1=NC(c1ccccn1)CC2Sc1ccccc1. The van der Waals surface area contributed by atoms with E-state index in [0.717, 1.165) is 17.0 Å². The van der Waals surface area contributed by atoms with Gasteiger partial charge in [0.2, 0.25) is 0 Å². The molecule has 7 heteroatoms. The Balaban J connectivity index is 1.70. The maximum atomic E-state index is 11.1. The Kier molecular flexibility index (Phi) is 4.93. The van der Waals surface area contributed by atoms with Crippen molar-refractivity contribution < 1.29 is 14.6 Å². The van der Waals surface area contributed by atoms with E-state index in [4.69, 9.17) is 14.8 Å². The van der Waals surface area contributed by atoms with E-state index in [1.807, 2.05) is 47.5 Å². The van der Waals surface area contributed by atoms with Crippen molar-refractivity contribution in [3.8, 4) is 0 Å². The van der Waals surface area contributed by atoms with Crippen LogP contribution in [0.3, 0.4) is 0 Å². The van der Waals surface area contributed by atoms with Crippen molar-refractivity contribution in [3.63, 3.8) is 0 Å². The van der Waals surface area contributed by atoms with E-state index in [1.54, 1.807) is 30.1 Å². The predicted molar refractivity (Wildman–Crippen MR) is 103 cm³/mol. The Morgan fingerprint density at radius 3 is 2.74 bits per heavy atom. The van der Waals surface area contributed by atoms with Gasteiger partial charge in [-0.3, -0.25) is 9.98 Å². The highest BCUT2D eigenvalue weighted by atomic mass is 32.2. The first-order chi connectivity index (χ1) is 13.2. The summed E-state index contributed by atoms with van der Waals surface area (Å²) < 4.78 is 4.97. The van der Waals surface area contributed by atoms with Crippen LogP contribution in [-0.2, 0) is 4.74 Å². The van der Waals surface area contributed by atoms with Crippen molar-refractivity contribution in [2.45, 2.75) is 22.7 Å². The summed E-state index contributed by atoms with van der Waals surface area (Å²) in [7, 11) is 0. The average Bonchev–Trinajstić information content (AvgIpc) is 2.69. The summed E-state index contributed by atoms with van der Waals surface area (Å²) in [5, 5.41) is 9.09. The monoisotopic (exact) mass is 379 g/mol. The summed E-state index contributed by atoms with van der Waals surface area (Å²) in [5.74, 6) is 0.736. The van der Waals surface area contributed by atoms with Crippen LogP contribution in [0.25, 0.3) is 0 Å². The van der Waals surface area contributed by atoms with Crippen molar-refractivity contribution in [1.82, 2.24) is 9.88 Å². The van der Waals surface area contributed by atoms with Crippen LogP contribution in [0.5, 0.6) is 0 Å². The summed E-state index contributed by atoms with van der Waals surface area (Å²) >= 11 is 1.71. The lowest BCUT2D eigenvalue weighted by molar-refractivity contribution is 0.122. The Hall–Kier alpha value is -3.06. The minimum absolute atomic E-state index is 0.0317. The normalized spacial score (nSPS) is 21.1. The van der Waals surface area contributed by atoms with Gasteiger partial charge in [-0.2, -0.15) is 0 Å². The second-order valence-electron chi connectivity index (χ2n) is 5.99. The number of amidine groups is 1. The summed E-state index contributed by atoms with van der Waals surface area (Å²) in [6.45, 7) is 0. The molecule has 2 aromatic rings. The van der Waals surface area contributed by atoms with Crippen molar-refractivity contribution in [2.75, 3.05) is 0 Å². The van der Waals surface area contributed by atoms with E-state index >= 15 is 0 Å². The number of thioether (sulfide) groups is 1. The molecule has 1 aromatic carbocycles. The lowest BCUT2D eigenvalue weighted by Crippen LogP contribution is -2.42.